The number of nitrogens with zero attached hydrogens (tertiary/aromatic N) is 1. The van der Waals surface area contributed by atoms with Crippen LogP contribution in [0.4, 0.5) is 5.69 Å². The zero-order chi connectivity index (χ0) is 15.2. The fraction of sp³-hybridized carbons (Fsp3) is 0.0667. The maximum absolute atomic E-state index is 6.05. The van der Waals surface area contributed by atoms with Crippen molar-refractivity contribution in [1.29, 1.82) is 0 Å². The van der Waals surface area contributed by atoms with Crippen molar-refractivity contribution < 1.29 is 0 Å². The monoisotopic (exact) mass is 337 g/mol. The Balaban J connectivity index is 1.93. The van der Waals surface area contributed by atoms with E-state index in [4.69, 9.17) is 35.4 Å². The van der Waals surface area contributed by atoms with Gasteiger partial charge in [0.05, 0.1) is 6.21 Å². The summed E-state index contributed by atoms with van der Waals surface area (Å²) in [5, 5.41) is 8.88. The fourth-order valence-electron chi connectivity index (χ4n) is 1.61. The molecule has 0 spiro atoms. The van der Waals surface area contributed by atoms with Crippen LogP contribution in [0.25, 0.3) is 0 Å². The third-order valence-corrected chi connectivity index (χ3v) is 3.62. The van der Waals surface area contributed by atoms with Crippen molar-refractivity contribution in [3.05, 3.63) is 63.6 Å². The molecule has 2 N–H and O–H groups in total. The van der Waals surface area contributed by atoms with Crippen LogP contribution in [0.15, 0.2) is 47.6 Å². The van der Waals surface area contributed by atoms with Crippen molar-refractivity contribution in [1.82, 2.24) is 5.43 Å². The van der Waals surface area contributed by atoms with Crippen LogP contribution in [0, 0.1) is 6.92 Å². The molecule has 2 aromatic carbocycles. The second kappa shape index (κ2) is 7.41. The summed E-state index contributed by atoms with van der Waals surface area (Å²) >= 11 is 17.0. The van der Waals surface area contributed by atoms with Crippen molar-refractivity contribution in [3.63, 3.8) is 0 Å². The van der Waals surface area contributed by atoms with Crippen LogP contribution in [0.5, 0.6) is 0 Å². The predicted molar refractivity (Wildman–Crippen MR) is 94.6 cm³/mol. The van der Waals surface area contributed by atoms with Crippen LogP contribution >= 0.6 is 35.4 Å². The Morgan fingerprint density at radius 1 is 1.14 bits per heavy atom. The summed E-state index contributed by atoms with van der Waals surface area (Å²) in [5.41, 5.74) is 5.46. The van der Waals surface area contributed by atoms with E-state index in [1.165, 1.54) is 0 Å². The molecule has 0 saturated heterocycles. The lowest BCUT2D eigenvalue weighted by Gasteiger charge is -2.10. The molecule has 0 aliphatic heterocycles. The molecule has 0 bridgehead atoms. The SMILES string of the molecule is Cc1c(Cl)cccc1NC(=S)N/N=C/c1ccc(Cl)cc1. The Bertz CT molecular complexity index is 669. The molecule has 0 aromatic heterocycles. The highest BCUT2D eigenvalue weighted by Crippen LogP contribution is 2.22. The zero-order valence-corrected chi connectivity index (χ0v) is 13.6. The van der Waals surface area contributed by atoms with E-state index in [0.29, 0.717) is 15.2 Å². The molecule has 0 aliphatic rings. The normalized spacial score (nSPS) is 10.6. The molecule has 3 nitrogen and oxygen atoms in total. The first-order valence-corrected chi connectivity index (χ1v) is 7.33. The highest BCUT2D eigenvalue weighted by molar-refractivity contribution is 7.80. The van der Waals surface area contributed by atoms with Gasteiger partial charge in [0.2, 0.25) is 0 Å². The Kier molecular flexibility index (Phi) is 5.56. The molecule has 6 heteroatoms. The van der Waals surface area contributed by atoms with Gasteiger partial charge in [-0.2, -0.15) is 5.10 Å². The molecule has 0 unspecified atom stereocenters. The Morgan fingerprint density at radius 2 is 1.86 bits per heavy atom. The summed E-state index contributed by atoms with van der Waals surface area (Å²) in [6.07, 6.45) is 1.66. The number of rotatable bonds is 3. The quantitative estimate of drug-likeness (QED) is 0.487. The summed E-state index contributed by atoms with van der Waals surface area (Å²) in [7, 11) is 0. The third-order valence-electron chi connectivity index (χ3n) is 2.77. The van der Waals surface area contributed by atoms with Gasteiger partial charge in [0.15, 0.2) is 5.11 Å². The van der Waals surface area contributed by atoms with Gasteiger partial charge in [-0.25, -0.2) is 0 Å². The Labute approximate surface area is 139 Å². The number of benzene rings is 2. The minimum atomic E-state index is 0.394. The molecule has 108 valence electrons. The van der Waals surface area contributed by atoms with E-state index in [9.17, 15) is 0 Å². The lowest BCUT2D eigenvalue weighted by molar-refractivity contribution is 1.05. The second-order valence-corrected chi connectivity index (χ2v) is 5.54. The van der Waals surface area contributed by atoms with Crippen LogP contribution < -0.4 is 10.7 Å². The van der Waals surface area contributed by atoms with Gasteiger partial charge in [-0.1, -0.05) is 41.4 Å². The molecule has 0 radical (unpaired) electrons. The highest BCUT2D eigenvalue weighted by atomic mass is 35.5. The van der Waals surface area contributed by atoms with Gasteiger partial charge < -0.3 is 5.32 Å². The largest absolute Gasteiger partial charge is 0.331 e. The van der Waals surface area contributed by atoms with Gasteiger partial charge in [0, 0.05) is 15.7 Å². The minimum Gasteiger partial charge on any atom is -0.331 e. The molecular formula is C15H13Cl2N3S. The maximum Gasteiger partial charge on any atom is 0.191 e. The number of thiocarbonyl (C=S) groups is 1. The summed E-state index contributed by atoms with van der Waals surface area (Å²) < 4.78 is 0. The average molecular weight is 338 g/mol. The van der Waals surface area contributed by atoms with Crippen molar-refractivity contribution in [3.8, 4) is 0 Å². The molecule has 21 heavy (non-hydrogen) atoms. The number of hydrogen-bond acceptors (Lipinski definition) is 2. The molecule has 0 atom stereocenters. The van der Waals surface area contributed by atoms with Crippen molar-refractivity contribution >= 4 is 52.4 Å². The summed E-state index contributed by atoms with van der Waals surface area (Å²) in [6, 6.07) is 12.9. The molecule has 0 amide bonds. The smallest absolute Gasteiger partial charge is 0.191 e. The molecule has 2 aromatic rings. The lowest BCUT2D eigenvalue weighted by Crippen LogP contribution is -2.24. The molecule has 0 fully saturated rings. The molecular weight excluding hydrogens is 325 g/mol. The summed E-state index contributed by atoms with van der Waals surface area (Å²) in [5.74, 6) is 0. The number of halogens is 2. The predicted octanol–water partition coefficient (Wildman–Crippen LogP) is 4.62. The number of hydrogen-bond donors (Lipinski definition) is 2. The van der Waals surface area contributed by atoms with Crippen LogP contribution in [-0.2, 0) is 0 Å². The topological polar surface area (TPSA) is 36.4 Å². The van der Waals surface area contributed by atoms with Crippen LogP contribution in [0.3, 0.4) is 0 Å². The first-order valence-electron chi connectivity index (χ1n) is 6.17. The molecule has 0 aliphatic carbocycles. The molecule has 0 heterocycles. The van der Waals surface area contributed by atoms with Crippen molar-refractivity contribution in [2.75, 3.05) is 5.32 Å². The fourth-order valence-corrected chi connectivity index (χ4v) is 2.07. The van der Waals surface area contributed by atoms with Crippen LogP contribution in [0.2, 0.25) is 10.0 Å². The Morgan fingerprint density at radius 3 is 2.57 bits per heavy atom. The van der Waals surface area contributed by atoms with E-state index in [-0.39, 0.29) is 0 Å². The van der Waals surface area contributed by atoms with Crippen LogP contribution in [0.1, 0.15) is 11.1 Å². The third kappa shape index (κ3) is 4.70. The first kappa shape index (κ1) is 15.8. The summed E-state index contributed by atoms with van der Waals surface area (Å²) in [4.78, 5) is 0. The molecule has 0 saturated carbocycles. The first-order chi connectivity index (χ1) is 10.1. The molecule has 2 rings (SSSR count). The number of anilines is 1. The van der Waals surface area contributed by atoms with E-state index in [2.05, 4.69) is 15.8 Å². The number of nitrogens with one attached hydrogen (secondary N) is 2. The highest BCUT2D eigenvalue weighted by Gasteiger charge is 2.03. The van der Waals surface area contributed by atoms with Gasteiger partial charge in [-0.05, 0) is 54.5 Å². The van der Waals surface area contributed by atoms with Crippen molar-refractivity contribution in [2.45, 2.75) is 6.92 Å². The number of hydrazone groups is 1. The van der Waals surface area contributed by atoms with Gasteiger partial charge in [-0.3, -0.25) is 5.43 Å². The second-order valence-electron chi connectivity index (χ2n) is 4.29. The van der Waals surface area contributed by atoms with Crippen LogP contribution in [-0.4, -0.2) is 11.3 Å². The zero-order valence-electron chi connectivity index (χ0n) is 11.2. The van der Waals surface area contributed by atoms with E-state index in [1.54, 1.807) is 18.3 Å². The average Bonchev–Trinajstić information content (AvgIpc) is 2.46. The van der Waals surface area contributed by atoms with E-state index < -0.39 is 0 Å². The van der Waals surface area contributed by atoms with Gasteiger partial charge in [0.1, 0.15) is 0 Å². The standard InChI is InChI=1S/C15H13Cl2N3S/c1-10-13(17)3-2-4-14(10)19-15(21)20-18-9-11-5-7-12(16)8-6-11/h2-9H,1H3,(H2,19,20,21)/b18-9+. The lowest BCUT2D eigenvalue weighted by atomic mass is 10.2. The minimum absolute atomic E-state index is 0.394. The van der Waals surface area contributed by atoms with E-state index in [0.717, 1.165) is 16.8 Å². The van der Waals surface area contributed by atoms with Gasteiger partial charge >= 0.3 is 0 Å². The van der Waals surface area contributed by atoms with E-state index in [1.807, 2.05) is 37.3 Å². The van der Waals surface area contributed by atoms with E-state index >= 15 is 0 Å². The van der Waals surface area contributed by atoms with Gasteiger partial charge in [0.25, 0.3) is 0 Å². The van der Waals surface area contributed by atoms with Crippen molar-refractivity contribution in [2.24, 2.45) is 5.10 Å². The summed E-state index contributed by atoms with van der Waals surface area (Å²) in [6.45, 7) is 1.92. The Hall–Kier alpha value is -1.62. The van der Waals surface area contributed by atoms with Gasteiger partial charge in [-0.15, -0.1) is 0 Å². The maximum atomic E-state index is 6.05.